The second-order valence-corrected chi connectivity index (χ2v) is 5.72. The lowest BCUT2D eigenvalue weighted by molar-refractivity contribution is -0.111. The molecule has 0 aliphatic heterocycles. The van der Waals surface area contributed by atoms with E-state index in [0.29, 0.717) is 21.1 Å². The molecule has 0 spiro atoms. The molecule has 0 fully saturated rings. The number of carbonyl (C=O) groups is 1. The number of aromatic hydroxyl groups is 1. The molecular weight excluding hydrogens is 374 g/mol. The summed E-state index contributed by atoms with van der Waals surface area (Å²) in [6.07, 6.45) is 5.69. The van der Waals surface area contributed by atoms with Crippen LogP contribution in [-0.4, -0.2) is 16.6 Å². The first-order chi connectivity index (χ1) is 9.01. The van der Waals surface area contributed by atoms with Crippen molar-refractivity contribution in [2.45, 2.75) is 13.3 Å². The third kappa shape index (κ3) is 3.22. The standard InChI is InChI=1S/C14H11Br2NO2/c1-2-8-5-9(3-4-13(8)18)17-10-6-11(15)14(19)12(16)7-10/h3-7,19H,2H2,1H3. The molecule has 98 valence electrons. The van der Waals surface area contributed by atoms with E-state index in [2.05, 4.69) is 36.9 Å². The maximum atomic E-state index is 11.5. The Labute approximate surface area is 128 Å². The van der Waals surface area contributed by atoms with Gasteiger partial charge in [-0.25, -0.2) is 4.99 Å². The number of carbonyl (C=O) groups excluding carboxylic acids is 1. The maximum absolute atomic E-state index is 11.5. The van der Waals surface area contributed by atoms with Crippen LogP contribution in [0.3, 0.4) is 0 Å². The third-order valence-electron chi connectivity index (χ3n) is 2.68. The molecule has 1 aliphatic carbocycles. The van der Waals surface area contributed by atoms with Gasteiger partial charge in [0.05, 0.1) is 20.3 Å². The van der Waals surface area contributed by atoms with Gasteiger partial charge in [0, 0.05) is 5.57 Å². The van der Waals surface area contributed by atoms with Crippen molar-refractivity contribution in [2.24, 2.45) is 4.99 Å². The second-order valence-electron chi connectivity index (χ2n) is 4.02. The predicted octanol–water partition coefficient (Wildman–Crippen LogP) is 4.47. The molecule has 3 nitrogen and oxygen atoms in total. The molecule has 19 heavy (non-hydrogen) atoms. The molecule has 1 aromatic carbocycles. The highest BCUT2D eigenvalue weighted by molar-refractivity contribution is 9.11. The van der Waals surface area contributed by atoms with E-state index in [0.717, 1.165) is 11.3 Å². The molecule has 0 heterocycles. The normalized spacial score (nSPS) is 16.9. The SMILES string of the molecule is CCC1=CC(=Nc2cc(Br)c(O)c(Br)c2)C=CC1=O. The number of hydrogen-bond acceptors (Lipinski definition) is 3. The van der Waals surface area contributed by atoms with E-state index in [1.54, 1.807) is 24.3 Å². The quantitative estimate of drug-likeness (QED) is 0.765. The summed E-state index contributed by atoms with van der Waals surface area (Å²) < 4.78 is 1.13. The number of hydrogen-bond donors (Lipinski definition) is 1. The Balaban J connectivity index is 2.40. The fourth-order valence-corrected chi connectivity index (χ4v) is 2.84. The van der Waals surface area contributed by atoms with Crippen LogP contribution in [0.4, 0.5) is 5.69 Å². The zero-order valence-electron chi connectivity index (χ0n) is 10.2. The van der Waals surface area contributed by atoms with Crippen LogP contribution in [0, 0.1) is 0 Å². The van der Waals surface area contributed by atoms with Crippen LogP contribution in [-0.2, 0) is 4.79 Å². The zero-order chi connectivity index (χ0) is 14.0. The van der Waals surface area contributed by atoms with Crippen molar-refractivity contribution in [3.05, 3.63) is 44.9 Å². The van der Waals surface area contributed by atoms with Crippen molar-refractivity contribution in [2.75, 3.05) is 0 Å². The van der Waals surface area contributed by atoms with Crippen LogP contribution in [0.15, 0.2) is 49.9 Å². The largest absolute Gasteiger partial charge is 0.506 e. The van der Waals surface area contributed by atoms with Gasteiger partial charge < -0.3 is 5.11 Å². The number of halogens is 2. The summed E-state index contributed by atoms with van der Waals surface area (Å²) >= 11 is 6.52. The van der Waals surface area contributed by atoms with Gasteiger partial charge in [-0.1, -0.05) is 6.92 Å². The first kappa shape index (κ1) is 14.2. The molecule has 0 saturated carbocycles. The Bertz CT molecular complexity index is 607. The molecule has 0 aromatic heterocycles. The van der Waals surface area contributed by atoms with E-state index in [4.69, 9.17) is 0 Å². The minimum Gasteiger partial charge on any atom is -0.506 e. The molecule has 2 rings (SSSR count). The molecule has 0 atom stereocenters. The van der Waals surface area contributed by atoms with Gasteiger partial charge in [0.25, 0.3) is 0 Å². The first-order valence-corrected chi connectivity index (χ1v) is 7.29. The van der Waals surface area contributed by atoms with Crippen LogP contribution in [0.5, 0.6) is 5.75 Å². The highest BCUT2D eigenvalue weighted by Crippen LogP contribution is 2.36. The number of benzene rings is 1. The lowest BCUT2D eigenvalue weighted by Crippen LogP contribution is -2.06. The summed E-state index contributed by atoms with van der Waals surface area (Å²) in [6.45, 7) is 1.94. The summed E-state index contributed by atoms with van der Waals surface area (Å²) in [7, 11) is 0. The summed E-state index contributed by atoms with van der Waals surface area (Å²) in [5.41, 5.74) is 2.16. The molecule has 1 aromatic rings. The third-order valence-corrected chi connectivity index (χ3v) is 3.89. The Morgan fingerprint density at radius 2 is 1.84 bits per heavy atom. The smallest absolute Gasteiger partial charge is 0.181 e. The Kier molecular flexibility index (Phi) is 4.37. The van der Waals surface area contributed by atoms with Gasteiger partial charge >= 0.3 is 0 Å². The molecule has 0 bridgehead atoms. The van der Waals surface area contributed by atoms with Crippen LogP contribution in [0.1, 0.15) is 13.3 Å². The Hall–Kier alpha value is -1.20. The van der Waals surface area contributed by atoms with E-state index in [1.165, 1.54) is 6.08 Å². The average molecular weight is 385 g/mol. The number of nitrogens with zero attached hydrogens (tertiary/aromatic N) is 1. The maximum Gasteiger partial charge on any atom is 0.181 e. The first-order valence-electron chi connectivity index (χ1n) is 5.71. The summed E-state index contributed by atoms with van der Waals surface area (Å²) in [5.74, 6) is 0.178. The number of phenols is 1. The Morgan fingerprint density at radius 1 is 1.21 bits per heavy atom. The number of phenolic OH excluding ortho intramolecular Hbond substituents is 1. The van der Waals surface area contributed by atoms with Crippen molar-refractivity contribution in [1.82, 2.24) is 0 Å². The Morgan fingerprint density at radius 3 is 2.42 bits per heavy atom. The van der Waals surface area contributed by atoms with Gasteiger partial charge in [0.15, 0.2) is 5.78 Å². The van der Waals surface area contributed by atoms with E-state index < -0.39 is 0 Å². The monoisotopic (exact) mass is 383 g/mol. The molecule has 0 radical (unpaired) electrons. The molecule has 5 heteroatoms. The lowest BCUT2D eigenvalue weighted by Gasteiger charge is -2.07. The zero-order valence-corrected chi connectivity index (χ0v) is 13.3. The molecule has 1 N–H and O–H groups in total. The lowest BCUT2D eigenvalue weighted by atomic mass is 10.0. The minimum atomic E-state index is 0.0366. The van der Waals surface area contributed by atoms with Crippen molar-refractivity contribution < 1.29 is 9.90 Å². The van der Waals surface area contributed by atoms with Gasteiger partial charge in [0.2, 0.25) is 0 Å². The van der Waals surface area contributed by atoms with Gasteiger partial charge in [-0.2, -0.15) is 0 Å². The van der Waals surface area contributed by atoms with Crippen molar-refractivity contribution in [3.63, 3.8) is 0 Å². The fourth-order valence-electron chi connectivity index (χ4n) is 1.68. The van der Waals surface area contributed by atoms with Gasteiger partial charge in [-0.05, 0) is 68.6 Å². The predicted molar refractivity (Wildman–Crippen MR) is 83.1 cm³/mol. The number of aliphatic imine (C=N–C) groups is 1. The average Bonchev–Trinajstić information content (AvgIpc) is 2.38. The highest BCUT2D eigenvalue weighted by atomic mass is 79.9. The number of ketones is 1. The van der Waals surface area contributed by atoms with E-state index in [1.807, 2.05) is 6.92 Å². The topological polar surface area (TPSA) is 49.7 Å². The van der Waals surface area contributed by atoms with Crippen molar-refractivity contribution in [3.8, 4) is 5.75 Å². The van der Waals surface area contributed by atoms with E-state index >= 15 is 0 Å². The van der Waals surface area contributed by atoms with Gasteiger partial charge in [-0.15, -0.1) is 0 Å². The molecule has 0 amide bonds. The van der Waals surface area contributed by atoms with Crippen molar-refractivity contribution in [1.29, 1.82) is 0 Å². The molecule has 1 aliphatic rings. The van der Waals surface area contributed by atoms with Crippen LogP contribution >= 0.6 is 31.9 Å². The van der Waals surface area contributed by atoms with Crippen LogP contribution < -0.4 is 0 Å². The fraction of sp³-hybridized carbons (Fsp3) is 0.143. The highest BCUT2D eigenvalue weighted by Gasteiger charge is 2.11. The van der Waals surface area contributed by atoms with Crippen molar-refractivity contribution >= 4 is 49.0 Å². The van der Waals surface area contributed by atoms with Crippen LogP contribution in [0.2, 0.25) is 0 Å². The van der Waals surface area contributed by atoms with Crippen LogP contribution in [0.25, 0.3) is 0 Å². The summed E-state index contributed by atoms with van der Waals surface area (Å²) in [5, 5.41) is 9.64. The summed E-state index contributed by atoms with van der Waals surface area (Å²) in [6, 6.07) is 3.44. The molecular formula is C14H11Br2NO2. The molecule has 0 unspecified atom stereocenters. The number of allylic oxidation sites excluding steroid dienone is 4. The molecule has 0 saturated heterocycles. The number of rotatable bonds is 2. The van der Waals surface area contributed by atoms with E-state index in [9.17, 15) is 9.90 Å². The van der Waals surface area contributed by atoms with Gasteiger partial charge in [-0.3, -0.25) is 4.79 Å². The minimum absolute atomic E-state index is 0.0366. The second kappa shape index (κ2) is 5.84. The van der Waals surface area contributed by atoms with Gasteiger partial charge in [0.1, 0.15) is 5.75 Å². The summed E-state index contributed by atoms with van der Waals surface area (Å²) in [4.78, 5) is 16.0. The van der Waals surface area contributed by atoms with E-state index in [-0.39, 0.29) is 11.5 Å².